The summed E-state index contributed by atoms with van der Waals surface area (Å²) in [6.45, 7) is 0. The van der Waals surface area contributed by atoms with Gasteiger partial charge in [-0.15, -0.1) is 0 Å². The van der Waals surface area contributed by atoms with Crippen molar-refractivity contribution in [2.24, 2.45) is 10.7 Å². The van der Waals surface area contributed by atoms with E-state index in [1.54, 1.807) is 0 Å². The summed E-state index contributed by atoms with van der Waals surface area (Å²) in [4.78, 5) is 9.03. The third kappa shape index (κ3) is 4.89. The molecule has 0 radical (unpaired) electrons. The number of para-hydroxylation sites is 2. The van der Waals surface area contributed by atoms with E-state index in [4.69, 9.17) is 10.7 Å². The Morgan fingerprint density at radius 2 is 1.26 bits per heavy atom. The molecule has 11 aromatic rings. The molecule has 2 aromatic heterocycles. The Bertz CT molecular complexity index is 3650. The van der Waals surface area contributed by atoms with Gasteiger partial charge in [0.1, 0.15) is 6.34 Å². The van der Waals surface area contributed by atoms with Crippen LogP contribution in [0.2, 0.25) is 0 Å². The van der Waals surface area contributed by atoms with E-state index in [1.807, 2.05) is 24.6 Å². The Balaban J connectivity index is 1.16. The molecule has 1 unspecified atom stereocenters. The number of hydrogen-bond donors (Lipinski definition) is 2. The fourth-order valence-electron chi connectivity index (χ4n) is 9.50. The molecule has 0 fully saturated rings. The molecule has 1 atom stereocenters. The molecule has 3 N–H and O–H groups in total. The maximum atomic E-state index is 6.77. The molecule has 12 rings (SSSR count). The predicted molar refractivity (Wildman–Crippen MR) is 248 cm³/mol. The fourth-order valence-corrected chi connectivity index (χ4v) is 9.50. The summed E-state index contributed by atoms with van der Waals surface area (Å²) in [5.74, 6) is 0. The van der Waals surface area contributed by atoms with Crippen LogP contribution in [0.3, 0.4) is 0 Å². The van der Waals surface area contributed by atoms with Gasteiger partial charge in [0, 0.05) is 48.9 Å². The molecule has 0 spiro atoms. The number of aromatic nitrogens is 2. The van der Waals surface area contributed by atoms with Crippen molar-refractivity contribution in [2.45, 2.75) is 6.04 Å². The molecule has 0 aliphatic heterocycles. The lowest BCUT2D eigenvalue weighted by atomic mass is 9.88. The maximum absolute atomic E-state index is 6.77. The largest absolute Gasteiger partial charge is 0.355 e. The molecule has 2 heterocycles. The van der Waals surface area contributed by atoms with Gasteiger partial charge in [0.25, 0.3) is 0 Å². The van der Waals surface area contributed by atoms with Crippen LogP contribution in [0.5, 0.6) is 0 Å². The normalized spacial score (nSPS) is 15.5. The SMILES string of the molecule is NC1C=CC=C/C1=C(/N=C/n1c2ccccc2c2c3c4ccccc4c(-c4ccc5[nH]c6ccccc6c5c4)cc3c3ccccc3c21)c1ccc2ccccc2c1. The van der Waals surface area contributed by atoms with Gasteiger partial charge in [0.05, 0.1) is 22.8 Å². The van der Waals surface area contributed by atoms with Gasteiger partial charge >= 0.3 is 0 Å². The lowest BCUT2D eigenvalue weighted by Gasteiger charge is -2.17. The van der Waals surface area contributed by atoms with Crippen LogP contribution in [-0.4, -0.2) is 21.9 Å². The van der Waals surface area contributed by atoms with Gasteiger partial charge in [0.2, 0.25) is 0 Å². The van der Waals surface area contributed by atoms with Gasteiger partial charge in [-0.25, -0.2) is 4.99 Å². The van der Waals surface area contributed by atoms with E-state index in [0.717, 1.165) is 38.9 Å². The van der Waals surface area contributed by atoms with Crippen molar-refractivity contribution in [1.29, 1.82) is 0 Å². The third-order valence-corrected chi connectivity index (χ3v) is 12.2. The number of nitrogens with two attached hydrogens (primary N) is 1. The number of H-pyrrole nitrogens is 1. The van der Waals surface area contributed by atoms with Crippen molar-refractivity contribution in [1.82, 2.24) is 9.55 Å². The first-order chi connectivity index (χ1) is 28.7. The molecule has 4 nitrogen and oxygen atoms in total. The van der Waals surface area contributed by atoms with Gasteiger partial charge in [0.15, 0.2) is 0 Å². The molecular formula is C54H36N4. The summed E-state index contributed by atoms with van der Waals surface area (Å²) in [6.07, 6.45) is 10.2. The van der Waals surface area contributed by atoms with Crippen LogP contribution in [0, 0.1) is 0 Å². The van der Waals surface area contributed by atoms with Crippen LogP contribution in [0.4, 0.5) is 0 Å². The Morgan fingerprint density at radius 3 is 2.12 bits per heavy atom. The van der Waals surface area contributed by atoms with Crippen LogP contribution in [0.25, 0.3) is 104 Å². The van der Waals surface area contributed by atoms with Crippen LogP contribution >= 0.6 is 0 Å². The third-order valence-electron chi connectivity index (χ3n) is 12.2. The van der Waals surface area contributed by atoms with E-state index in [0.29, 0.717) is 0 Å². The van der Waals surface area contributed by atoms with Crippen molar-refractivity contribution in [3.8, 4) is 11.1 Å². The number of hydrogen-bond acceptors (Lipinski definition) is 2. The lowest BCUT2D eigenvalue weighted by molar-refractivity contribution is 0.970. The number of nitrogens with one attached hydrogen (secondary N) is 1. The van der Waals surface area contributed by atoms with Gasteiger partial charge in [-0.05, 0) is 85.4 Å². The minimum Gasteiger partial charge on any atom is -0.355 e. The molecule has 0 saturated carbocycles. The van der Waals surface area contributed by atoms with Crippen molar-refractivity contribution >= 4 is 98.7 Å². The average molecular weight is 741 g/mol. The van der Waals surface area contributed by atoms with Gasteiger partial charge in [-0.2, -0.15) is 0 Å². The van der Waals surface area contributed by atoms with E-state index in [-0.39, 0.29) is 6.04 Å². The predicted octanol–water partition coefficient (Wildman–Crippen LogP) is 13.4. The monoisotopic (exact) mass is 740 g/mol. The van der Waals surface area contributed by atoms with E-state index >= 15 is 0 Å². The van der Waals surface area contributed by atoms with E-state index in [2.05, 4.69) is 179 Å². The van der Waals surface area contributed by atoms with Crippen LogP contribution < -0.4 is 5.73 Å². The molecular weight excluding hydrogens is 705 g/mol. The van der Waals surface area contributed by atoms with Crippen molar-refractivity contribution in [3.63, 3.8) is 0 Å². The maximum Gasteiger partial charge on any atom is 0.100 e. The second-order valence-corrected chi connectivity index (χ2v) is 15.4. The highest BCUT2D eigenvalue weighted by Crippen LogP contribution is 2.46. The Labute approximate surface area is 334 Å². The van der Waals surface area contributed by atoms with Gasteiger partial charge in [-0.1, -0.05) is 152 Å². The Kier molecular flexibility index (Phi) is 7.19. The molecule has 0 bridgehead atoms. The zero-order chi connectivity index (χ0) is 38.3. The first-order valence-electron chi connectivity index (χ1n) is 19.9. The van der Waals surface area contributed by atoms with E-state index in [1.165, 1.54) is 75.8 Å². The summed E-state index contributed by atoms with van der Waals surface area (Å²) >= 11 is 0. The molecule has 4 heteroatoms. The highest BCUT2D eigenvalue weighted by molar-refractivity contribution is 6.38. The molecule has 0 saturated heterocycles. The van der Waals surface area contributed by atoms with Crippen molar-refractivity contribution < 1.29 is 0 Å². The van der Waals surface area contributed by atoms with Crippen LogP contribution in [0.15, 0.2) is 199 Å². The molecule has 9 aromatic carbocycles. The summed E-state index contributed by atoms with van der Waals surface area (Å²) in [5.41, 5.74) is 16.6. The first kappa shape index (κ1) is 32.7. The number of rotatable bonds is 4. The number of allylic oxidation sites excluding steroid dienone is 2. The first-order valence-corrected chi connectivity index (χ1v) is 19.9. The zero-order valence-corrected chi connectivity index (χ0v) is 31.5. The lowest BCUT2D eigenvalue weighted by Crippen LogP contribution is -2.21. The molecule has 272 valence electrons. The fraction of sp³-hybridized carbons (Fsp3) is 0.0185. The quantitative estimate of drug-likeness (QED) is 0.105. The molecule has 58 heavy (non-hydrogen) atoms. The number of aromatic amines is 1. The van der Waals surface area contributed by atoms with E-state index in [9.17, 15) is 0 Å². The Morgan fingerprint density at radius 1 is 0.552 bits per heavy atom. The molecule has 0 amide bonds. The summed E-state index contributed by atoms with van der Waals surface area (Å²) < 4.78 is 2.30. The number of aliphatic imine (C=N–C) groups is 1. The number of benzene rings is 9. The standard InChI is InChI=1S/C54H36N4/c55-47-22-10-7-20-42(47)53(36-26-25-33-13-1-2-14-34(33)29-36)56-32-58-50-24-12-9-21-43(50)52-51-40-18-5-3-15-37(40)44(31-46(51)38-16-4-6-19-41(38)54(52)58)35-27-28-49-45(30-35)39-17-8-11-23-48(39)57-49/h1-32,47,57H,55H2/b53-42-,56-32+. The molecule has 1 aliphatic carbocycles. The van der Waals surface area contributed by atoms with E-state index < -0.39 is 0 Å². The Hall–Kier alpha value is -7.53. The number of fused-ring (bicyclic) bond motifs is 14. The van der Waals surface area contributed by atoms with Crippen LogP contribution in [-0.2, 0) is 0 Å². The highest BCUT2D eigenvalue weighted by atomic mass is 15.0. The smallest absolute Gasteiger partial charge is 0.100 e. The average Bonchev–Trinajstić information content (AvgIpc) is 3.82. The summed E-state index contributed by atoms with van der Waals surface area (Å²) in [6, 6.07) is 59.1. The molecule has 1 aliphatic rings. The van der Waals surface area contributed by atoms with Crippen molar-refractivity contribution in [3.05, 3.63) is 199 Å². The topological polar surface area (TPSA) is 59.1 Å². The minimum atomic E-state index is -0.274. The van der Waals surface area contributed by atoms with Gasteiger partial charge < -0.3 is 10.7 Å². The van der Waals surface area contributed by atoms with Crippen LogP contribution in [0.1, 0.15) is 5.56 Å². The number of nitrogens with zero attached hydrogens (tertiary/aromatic N) is 2. The zero-order valence-electron chi connectivity index (χ0n) is 31.5. The minimum absolute atomic E-state index is 0.274. The second kappa shape index (κ2) is 12.8. The van der Waals surface area contributed by atoms with Gasteiger partial charge in [-0.3, -0.25) is 4.57 Å². The van der Waals surface area contributed by atoms with Crippen molar-refractivity contribution in [2.75, 3.05) is 0 Å². The highest BCUT2D eigenvalue weighted by Gasteiger charge is 2.22. The summed E-state index contributed by atoms with van der Waals surface area (Å²) in [7, 11) is 0. The second-order valence-electron chi connectivity index (χ2n) is 15.4. The summed E-state index contributed by atoms with van der Waals surface area (Å²) in [5, 5.41) is 14.6.